The van der Waals surface area contributed by atoms with Crippen LogP contribution in [0.4, 0.5) is 0 Å². The molecule has 42 heavy (non-hydrogen) atoms. The minimum atomic E-state index is 0.886. The van der Waals surface area contributed by atoms with Gasteiger partial charge in [0.1, 0.15) is 5.75 Å². The van der Waals surface area contributed by atoms with Crippen LogP contribution in [-0.2, 0) is 12.8 Å². The number of methoxy groups -OCH3 is 1. The van der Waals surface area contributed by atoms with E-state index in [1.54, 1.807) is 7.11 Å². The van der Waals surface area contributed by atoms with Crippen molar-refractivity contribution < 1.29 is 4.74 Å². The van der Waals surface area contributed by atoms with Gasteiger partial charge in [-0.25, -0.2) is 0 Å². The van der Waals surface area contributed by atoms with Gasteiger partial charge < -0.3 is 4.74 Å². The number of benzene rings is 7. The highest BCUT2D eigenvalue weighted by molar-refractivity contribution is 9.10. The fraction of sp³-hybridized carbons (Fsp3) is 0.100. The van der Waals surface area contributed by atoms with Gasteiger partial charge in [0.25, 0.3) is 0 Å². The van der Waals surface area contributed by atoms with E-state index in [2.05, 4.69) is 150 Å². The van der Waals surface area contributed by atoms with Gasteiger partial charge in [-0.1, -0.05) is 118 Å². The molecule has 0 saturated heterocycles. The molecule has 0 atom stereocenters. The SMILES string of the molecule is COc1ccc2c(CCc3c4ccccc4c(C#Cc4cccc5cc(C)ccc45)c4ccc(Br)cc34)cccc2c1. The number of hydrogen-bond acceptors (Lipinski definition) is 1. The quantitative estimate of drug-likeness (QED) is 0.143. The number of ether oxygens (including phenoxy) is 1. The van der Waals surface area contributed by atoms with E-state index in [0.29, 0.717) is 0 Å². The largest absolute Gasteiger partial charge is 0.497 e. The van der Waals surface area contributed by atoms with Crippen LogP contribution in [0.1, 0.15) is 27.8 Å². The van der Waals surface area contributed by atoms with E-state index in [-0.39, 0.29) is 0 Å². The van der Waals surface area contributed by atoms with Crippen LogP contribution in [0.5, 0.6) is 5.75 Å². The van der Waals surface area contributed by atoms with Crippen molar-refractivity contribution in [2.75, 3.05) is 7.11 Å². The Labute approximate surface area is 254 Å². The van der Waals surface area contributed by atoms with Gasteiger partial charge >= 0.3 is 0 Å². The minimum absolute atomic E-state index is 0.886. The van der Waals surface area contributed by atoms with Gasteiger partial charge in [0.05, 0.1) is 7.11 Å². The molecule has 2 heteroatoms. The van der Waals surface area contributed by atoms with E-state index < -0.39 is 0 Å². The zero-order valence-corrected chi connectivity index (χ0v) is 25.3. The molecule has 0 saturated carbocycles. The standard InChI is InChI=1S/C40H29BrO/c1-26-13-18-33-27(7-5-9-29(33)23-26)14-19-37-35-11-3-4-12-36(35)38(40-25-31(41)16-21-39(37)40)20-15-28-8-6-10-30-24-32(42-2)17-22-34(28)30/h3-13,16-18,21-25H,15,20H2,1-2H3. The molecule has 202 valence electrons. The van der Waals surface area contributed by atoms with Crippen molar-refractivity contribution in [2.24, 2.45) is 0 Å². The van der Waals surface area contributed by atoms with Gasteiger partial charge in [-0.15, -0.1) is 0 Å². The van der Waals surface area contributed by atoms with Crippen molar-refractivity contribution in [3.05, 3.63) is 148 Å². The number of halogens is 1. The minimum Gasteiger partial charge on any atom is -0.497 e. The van der Waals surface area contributed by atoms with Gasteiger partial charge in [-0.3, -0.25) is 0 Å². The molecule has 0 aliphatic heterocycles. The maximum absolute atomic E-state index is 5.47. The molecule has 0 radical (unpaired) electrons. The second-order valence-electron chi connectivity index (χ2n) is 10.9. The summed E-state index contributed by atoms with van der Waals surface area (Å²) in [4.78, 5) is 0. The topological polar surface area (TPSA) is 9.23 Å². The Bertz CT molecular complexity index is 2210. The Morgan fingerprint density at radius 1 is 0.595 bits per heavy atom. The summed E-state index contributed by atoms with van der Waals surface area (Å²) in [5.41, 5.74) is 6.10. The molecule has 0 fully saturated rings. The van der Waals surface area contributed by atoms with E-state index in [4.69, 9.17) is 4.74 Å². The fourth-order valence-electron chi connectivity index (χ4n) is 6.22. The molecule has 0 spiro atoms. The highest BCUT2D eigenvalue weighted by Crippen LogP contribution is 2.36. The molecule has 0 aromatic heterocycles. The van der Waals surface area contributed by atoms with Crippen LogP contribution in [-0.4, -0.2) is 7.11 Å². The number of hydrogen-bond donors (Lipinski definition) is 0. The van der Waals surface area contributed by atoms with Crippen LogP contribution >= 0.6 is 15.9 Å². The lowest BCUT2D eigenvalue weighted by molar-refractivity contribution is 0.415. The lowest BCUT2D eigenvalue weighted by atomic mass is 9.88. The predicted octanol–water partition coefficient (Wildman–Crippen LogP) is 10.6. The Morgan fingerprint density at radius 2 is 1.33 bits per heavy atom. The van der Waals surface area contributed by atoms with Crippen LogP contribution in [0, 0.1) is 18.8 Å². The van der Waals surface area contributed by atoms with Crippen LogP contribution in [0.2, 0.25) is 0 Å². The van der Waals surface area contributed by atoms with Crippen molar-refractivity contribution in [3.63, 3.8) is 0 Å². The van der Waals surface area contributed by atoms with Gasteiger partial charge in [0, 0.05) is 15.6 Å². The van der Waals surface area contributed by atoms with Crippen molar-refractivity contribution in [2.45, 2.75) is 19.8 Å². The summed E-state index contributed by atoms with van der Waals surface area (Å²) >= 11 is 3.76. The third-order valence-electron chi connectivity index (χ3n) is 8.28. The molecule has 0 bridgehead atoms. The first-order chi connectivity index (χ1) is 20.6. The van der Waals surface area contributed by atoms with Gasteiger partial charge in [0.2, 0.25) is 0 Å². The Balaban J connectivity index is 1.38. The van der Waals surface area contributed by atoms with E-state index in [1.165, 1.54) is 59.8 Å². The Morgan fingerprint density at radius 3 is 2.19 bits per heavy atom. The van der Waals surface area contributed by atoms with Gasteiger partial charge in [0.15, 0.2) is 0 Å². The molecule has 1 nitrogen and oxygen atoms in total. The van der Waals surface area contributed by atoms with E-state index in [0.717, 1.165) is 34.2 Å². The molecule has 7 aromatic carbocycles. The molecular weight excluding hydrogens is 576 g/mol. The average Bonchev–Trinajstić information content (AvgIpc) is 3.02. The van der Waals surface area contributed by atoms with E-state index >= 15 is 0 Å². The predicted molar refractivity (Wildman–Crippen MR) is 182 cm³/mol. The maximum Gasteiger partial charge on any atom is 0.119 e. The van der Waals surface area contributed by atoms with Gasteiger partial charge in [-0.05, 0) is 104 Å². The third-order valence-corrected chi connectivity index (χ3v) is 8.77. The second kappa shape index (κ2) is 11.0. The van der Waals surface area contributed by atoms with Crippen LogP contribution < -0.4 is 4.74 Å². The zero-order chi connectivity index (χ0) is 28.6. The summed E-state index contributed by atoms with van der Waals surface area (Å²) in [6.07, 6.45) is 1.87. The zero-order valence-electron chi connectivity index (χ0n) is 23.7. The van der Waals surface area contributed by atoms with Crippen molar-refractivity contribution in [1.82, 2.24) is 0 Å². The van der Waals surface area contributed by atoms with Crippen molar-refractivity contribution in [1.29, 1.82) is 0 Å². The van der Waals surface area contributed by atoms with Crippen LogP contribution in [0.3, 0.4) is 0 Å². The molecular formula is C40H29BrO. The highest BCUT2D eigenvalue weighted by atomic mass is 79.9. The molecule has 0 N–H and O–H groups in total. The van der Waals surface area contributed by atoms with E-state index in [9.17, 15) is 0 Å². The Kier molecular flexibility index (Phi) is 6.90. The molecule has 0 aliphatic rings. The summed E-state index contributed by atoms with van der Waals surface area (Å²) in [5.74, 6) is 8.08. The van der Waals surface area contributed by atoms with Crippen molar-refractivity contribution >= 4 is 59.0 Å². The monoisotopic (exact) mass is 604 g/mol. The summed E-state index contributed by atoms with van der Waals surface area (Å²) in [6.45, 7) is 2.13. The molecule has 7 aromatic rings. The van der Waals surface area contributed by atoms with Crippen LogP contribution in [0.15, 0.2) is 120 Å². The van der Waals surface area contributed by atoms with E-state index in [1.807, 2.05) is 0 Å². The summed E-state index contributed by atoms with van der Waals surface area (Å²) in [7, 11) is 1.72. The highest BCUT2D eigenvalue weighted by Gasteiger charge is 2.14. The van der Waals surface area contributed by atoms with Crippen LogP contribution in [0.25, 0.3) is 43.1 Å². The molecule has 0 amide bonds. The van der Waals surface area contributed by atoms with Crippen molar-refractivity contribution in [3.8, 4) is 17.6 Å². The number of fused-ring (bicyclic) bond motifs is 4. The lowest BCUT2D eigenvalue weighted by Gasteiger charge is -2.16. The summed E-state index contributed by atoms with van der Waals surface area (Å²) < 4.78 is 6.54. The first-order valence-electron chi connectivity index (χ1n) is 14.3. The maximum atomic E-state index is 5.47. The summed E-state index contributed by atoms with van der Waals surface area (Å²) in [5, 5.41) is 9.82. The van der Waals surface area contributed by atoms with Gasteiger partial charge in [-0.2, -0.15) is 0 Å². The molecule has 0 unspecified atom stereocenters. The number of aryl methyl sites for hydroxylation is 3. The molecule has 0 heterocycles. The fourth-order valence-corrected chi connectivity index (χ4v) is 6.58. The normalized spacial score (nSPS) is 11.2. The summed E-state index contributed by atoms with van der Waals surface area (Å²) in [6, 6.07) is 41.2. The third kappa shape index (κ3) is 4.81. The first kappa shape index (κ1) is 26.3. The first-order valence-corrected chi connectivity index (χ1v) is 15.1. The molecule has 0 aliphatic carbocycles. The number of rotatable bonds is 4. The Hall–Kier alpha value is -4.58. The second-order valence-corrected chi connectivity index (χ2v) is 11.8. The average molecular weight is 606 g/mol. The molecule has 7 rings (SSSR count). The smallest absolute Gasteiger partial charge is 0.119 e. The lowest BCUT2D eigenvalue weighted by Crippen LogP contribution is -1.98.